The zero-order valence-corrected chi connectivity index (χ0v) is 34.8. The molecule has 6 aliphatic rings. The van der Waals surface area contributed by atoms with E-state index in [1.54, 1.807) is 24.3 Å². The topological polar surface area (TPSA) is 160 Å². The van der Waals surface area contributed by atoms with Gasteiger partial charge in [-0.25, -0.2) is 0 Å². The number of nitrogens with zero attached hydrogens (tertiary/aromatic N) is 5. The summed E-state index contributed by atoms with van der Waals surface area (Å²) in [6, 6.07) is 15.8. The van der Waals surface area contributed by atoms with Crippen LogP contribution in [0, 0.1) is 35.0 Å². The molecule has 13 nitrogen and oxygen atoms in total. The van der Waals surface area contributed by atoms with Crippen LogP contribution in [-0.4, -0.2) is 92.9 Å². The first kappa shape index (κ1) is 39.6. The van der Waals surface area contributed by atoms with Crippen LogP contribution in [0.1, 0.15) is 129 Å². The Labute approximate surface area is 349 Å². The maximum absolute atomic E-state index is 13.9. The Balaban J connectivity index is 0.771. The first-order chi connectivity index (χ1) is 28.6. The lowest BCUT2D eigenvalue weighted by atomic mass is 9.49. The molecule has 2 saturated heterocycles. The Morgan fingerprint density at radius 2 is 1.48 bits per heavy atom. The number of amides is 6. The van der Waals surface area contributed by atoms with E-state index in [-0.39, 0.29) is 47.6 Å². The first-order valence-electron chi connectivity index (χ1n) is 21.1. The van der Waals surface area contributed by atoms with Crippen LogP contribution in [0.15, 0.2) is 48.5 Å². The Bertz CT molecular complexity index is 2380. The van der Waals surface area contributed by atoms with Gasteiger partial charge in [-0.15, -0.1) is 0 Å². The van der Waals surface area contributed by atoms with Crippen molar-refractivity contribution in [3.8, 4) is 11.8 Å². The number of nitrogens with one attached hydrogen (secondary N) is 1. The van der Waals surface area contributed by atoms with E-state index in [4.69, 9.17) is 4.74 Å². The van der Waals surface area contributed by atoms with Gasteiger partial charge in [-0.05, 0) is 116 Å². The van der Waals surface area contributed by atoms with Crippen molar-refractivity contribution < 1.29 is 33.5 Å². The molecule has 5 heterocycles. The van der Waals surface area contributed by atoms with E-state index in [0.29, 0.717) is 72.2 Å². The van der Waals surface area contributed by atoms with Gasteiger partial charge >= 0.3 is 0 Å². The second kappa shape index (κ2) is 14.4. The van der Waals surface area contributed by atoms with Gasteiger partial charge in [0, 0.05) is 67.1 Å². The van der Waals surface area contributed by atoms with E-state index in [0.717, 1.165) is 53.0 Å². The quantitative estimate of drug-likeness (QED) is 0.296. The molecule has 1 saturated carbocycles. The predicted molar refractivity (Wildman–Crippen MR) is 218 cm³/mol. The summed E-state index contributed by atoms with van der Waals surface area (Å²) in [6.07, 6.45) is 2.82. The molecule has 0 bridgehead atoms. The normalized spacial score (nSPS) is 24.5. The average molecular weight is 811 g/mol. The van der Waals surface area contributed by atoms with Crippen LogP contribution in [0.2, 0.25) is 0 Å². The maximum atomic E-state index is 13.9. The molecule has 60 heavy (non-hydrogen) atoms. The fourth-order valence-corrected chi connectivity index (χ4v) is 11.4. The van der Waals surface area contributed by atoms with Crippen LogP contribution in [0.25, 0.3) is 0 Å². The third-order valence-electron chi connectivity index (χ3n) is 14.1. The lowest BCUT2D eigenvalue weighted by Crippen LogP contribution is -2.74. The summed E-state index contributed by atoms with van der Waals surface area (Å²) in [6.45, 7) is 14.4. The molecule has 0 spiro atoms. The van der Waals surface area contributed by atoms with Gasteiger partial charge in [0.25, 0.3) is 23.6 Å². The minimum Gasteiger partial charge on any atom is -0.489 e. The summed E-state index contributed by atoms with van der Waals surface area (Å²) in [7, 11) is 0. The fraction of sp³-hybridized carbons (Fsp3) is 0.468. The van der Waals surface area contributed by atoms with E-state index in [9.17, 15) is 34.0 Å². The predicted octanol–water partition coefficient (Wildman–Crippen LogP) is 5.36. The number of nitriles is 1. The van der Waals surface area contributed by atoms with Gasteiger partial charge in [0.1, 0.15) is 17.9 Å². The molecule has 13 heteroatoms. The number of piperidine rings is 2. The van der Waals surface area contributed by atoms with E-state index >= 15 is 0 Å². The van der Waals surface area contributed by atoms with Crippen molar-refractivity contribution in [1.82, 2.24) is 24.9 Å². The molecule has 1 unspecified atom stereocenters. The van der Waals surface area contributed by atoms with Gasteiger partial charge in [0.15, 0.2) is 0 Å². The highest BCUT2D eigenvalue weighted by molar-refractivity contribution is 6.23. The molecule has 1 atom stereocenters. The molecule has 3 fully saturated rings. The summed E-state index contributed by atoms with van der Waals surface area (Å²) < 4.78 is 6.55. The van der Waals surface area contributed by atoms with Crippen molar-refractivity contribution >= 4 is 35.4 Å². The molecule has 0 aromatic heterocycles. The number of imide groups is 2. The molecule has 0 radical (unpaired) electrons. The van der Waals surface area contributed by atoms with Crippen molar-refractivity contribution in [2.24, 2.45) is 16.7 Å². The third kappa shape index (κ3) is 6.38. The summed E-state index contributed by atoms with van der Waals surface area (Å²) in [4.78, 5) is 85.7. The standard InChI is InChI=1S/C47H50N6O7/c1-26-18-33(8-6-29(26)22-48)60-45-46(2,3)44(47(45,4)5)52-25-32-19-28(7-9-34(32)41(52)57)40(56)51-16-13-27(14-17-51)12-15-50-23-30-20-35-36(21-31(30)24-50)43(59)53(42(35)58)37-10-11-38(54)49-39(37)55/h6-9,18-21,27,37,44-45H,10-17,23-25H2,1-5H3,(H,49,54,55)/t37?,44-,45-. The second-order valence-electron chi connectivity index (χ2n) is 18.8. The fourth-order valence-electron chi connectivity index (χ4n) is 11.4. The largest absolute Gasteiger partial charge is 0.489 e. The van der Waals surface area contributed by atoms with Gasteiger partial charge in [-0.2, -0.15) is 5.26 Å². The molecular formula is C47H50N6O7. The molecule has 1 N–H and O–H groups in total. The summed E-state index contributed by atoms with van der Waals surface area (Å²) in [5.74, 6) is -0.843. The number of carbonyl (C=O) groups is 6. The van der Waals surface area contributed by atoms with Crippen molar-refractivity contribution in [3.63, 3.8) is 0 Å². The zero-order valence-electron chi connectivity index (χ0n) is 34.8. The van der Waals surface area contributed by atoms with Crippen LogP contribution >= 0.6 is 0 Å². The molecular weight excluding hydrogens is 761 g/mol. The van der Waals surface area contributed by atoms with Gasteiger partial charge in [0.2, 0.25) is 11.8 Å². The van der Waals surface area contributed by atoms with E-state index in [1.165, 1.54) is 0 Å². The maximum Gasteiger partial charge on any atom is 0.262 e. The molecule has 3 aromatic rings. The first-order valence-corrected chi connectivity index (χ1v) is 21.1. The van der Waals surface area contributed by atoms with Crippen molar-refractivity contribution in [2.45, 2.75) is 105 Å². The van der Waals surface area contributed by atoms with Crippen LogP contribution in [0.4, 0.5) is 0 Å². The summed E-state index contributed by atoms with van der Waals surface area (Å²) >= 11 is 0. The van der Waals surface area contributed by atoms with Gasteiger partial charge < -0.3 is 14.5 Å². The smallest absolute Gasteiger partial charge is 0.262 e. The number of rotatable bonds is 8. The van der Waals surface area contributed by atoms with Crippen LogP contribution < -0.4 is 10.1 Å². The van der Waals surface area contributed by atoms with Crippen LogP contribution in [0.3, 0.4) is 0 Å². The van der Waals surface area contributed by atoms with Crippen molar-refractivity contribution in [2.75, 3.05) is 19.6 Å². The van der Waals surface area contributed by atoms with Crippen molar-refractivity contribution in [1.29, 1.82) is 5.26 Å². The van der Waals surface area contributed by atoms with E-state index < -0.39 is 29.7 Å². The highest BCUT2D eigenvalue weighted by Crippen LogP contribution is 2.59. The molecule has 5 aliphatic heterocycles. The third-order valence-corrected chi connectivity index (χ3v) is 14.1. The Morgan fingerprint density at radius 1 is 0.817 bits per heavy atom. The lowest BCUT2D eigenvalue weighted by Gasteiger charge is -2.65. The Kier molecular flexibility index (Phi) is 9.50. The number of fused-ring (bicyclic) bond motifs is 3. The van der Waals surface area contributed by atoms with Crippen molar-refractivity contribution in [3.05, 3.63) is 98.6 Å². The van der Waals surface area contributed by atoms with E-state index in [1.807, 2.05) is 41.0 Å². The summed E-state index contributed by atoms with van der Waals surface area (Å²) in [5, 5.41) is 11.6. The van der Waals surface area contributed by atoms with Gasteiger partial charge in [0.05, 0.1) is 22.8 Å². The number of likely N-dealkylation sites (tertiary alicyclic amines) is 1. The number of aryl methyl sites for hydroxylation is 1. The number of hydrogen-bond donors (Lipinski definition) is 1. The highest BCUT2D eigenvalue weighted by atomic mass is 16.5. The van der Waals surface area contributed by atoms with Crippen LogP contribution in [0.5, 0.6) is 5.75 Å². The number of hydrogen-bond acceptors (Lipinski definition) is 9. The monoisotopic (exact) mass is 810 g/mol. The number of benzene rings is 3. The minimum atomic E-state index is -0.978. The van der Waals surface area contributed by atoms with E-state index in [2.05, 4.69) is 44.0 Å². The van der Waals surface area contributed by atoms with Gasteiger partial charge in [-0.1, -0.05) is 27.7 Å². The molecule has 9 rings (SSSR count). The van der Waals surface area contributed by atoms with Gasteiger partial charge in [-0.3, -0.25) is 43.9 Å². The average Bonchev–Trinajstić information content (AvgIpc) is 3.84. The molecule has 1 aliphatic carbocycles. The zero-order chi connectivity index (χ0) is 42.4. The molecule has 6 amide bonds. The molecule has 3 aromatic carbocycles. The minimum absolute atomic E-state index is 0.0130. The molecule has 310 valence electrons. The SMILES string of the molecule is Cc1cc(O[C@H]2C(C)(C)[C@H](N3Cc4cc(C(=O)N5CCC(CCN6Cc7cc8c(cc7C6)C(=O)N(C6CCC(=O)NC6=O)C8=O)CC5)ccc4C3=O)C2(C)C)ccc1C#N. The lowest BCUT2D eigenvalue weighted by molar-refractivity contribution is -0.199. The van der Waals surface area contributed by atoms with Crippen LogP contribution in [-0.2, 0) is 29.2 Å². The second-order valence-corrected chi connectivity index (χ2v) is 18.8. The number of ether oxygens (including phenoxy) is 1. The Hall–Kier alpha value is -5.87. The Morgan fingerprint density at radius 3 is 2.10 bits per heavy atom. The number of carbonyl (C=O) groups excluding carboxylic acids is 6. The highest BCUT2D eigenvalue weighted by Gasteiger charge is 2.67. The summed E-state index contributed by atoms with van der Waals surface area (Å²) in [5.41, 5.74) is 5.54.